The van der Waals surface area contributed by atoms with Gasteiger partial charge < -0.3 is 15.4 Å². The number of nitrogens with two attached hydrogens (primary N) is 1. The smallest absolute Gasteiger partial charge is 0.177 e. The molecule has 0 bridgehead atoms. The molecular formula is C13H22N2O2S. The van der Waals surface area contributed by atoms with Crippen molar-refractivity contribution < 1.29 is 9.53 Å². The molecule has 0 aromatic carbocycles. The third-order valence-corrected chi connectivity index (χ3v) is 3.99. The normalized spacial score (nSPS) is 10.8. The van der Waals surface area contributed by atoms with Crippen LogP contribution in [0.25, 0.3) is 0 Å². The van der Waals surface area contributed by atoms with Crippen molar-refractivity contribution in [2.24, 2.45) is 5.92 Å². The number of nitrogen functional groups attached to an aromatic ring is 1. The number of rotatable bonds is 6. The molecule has 1 heterocycles. The van der Waals surface area contributed by atoms with E-state index in [0.717, 1.165) is 11.5 Å². The number of hydrogen-bond donors (Lipinski definition) is 1. The quantitative estimate of drug-likeness (QED) is 0.807. The maximum atomic E-state index is 11.8. The molecule has 5 heteroatoms. The molecule has 2 N–H and O–H groups in total. The second kappa shape index (κ2) is 6.09. The molecule has 1 rings (SSSR count). The largest absolute Gasteiger partial charge is 0.492 e. The molecule has 0 atom stereocenters. The molecule has 0 saturated heterocycles. The number of hydrogen-bond acceptors (Lipinski definition) is 5. The summed E-state index contributed by atoms with van der Waals surface area (Å²) >= 11 is 1.42. The van der Waals surface area contributed by atoms with Gasteiger partial charge in [0.15, 0.2) is 11.5 Å². The maximum absolute atomic E-state index is 11.8. The topological polar surface area (TPSA) is 55.6 Å². The molecule has 0 spiro atoms. The fraction of sp³-hybridized carbons (Fsp3) is 0.615. The number of thiophene rings is 1. The predicted molar refractivity (Wildman–Crippen MR) is 78.0 cm³/mol. The number of methoxy groups -OCH3 is 1. The number of nitrogens with zero attached hydrogens (tertiary/aromatic N) is 1. The van der Waals surface area contributed by atoms with Crippen molar-refractivity contribution in [3.63, 3.8) is 0 Å². The summed E-state index contributed by atoms with van der Waals surface area (Å²) in [5.74, 6) is 1.23. The van der Waals surface area contributed by atoms with E-state index < -0.39 is 0 Å². The van der Waals surface area contributed by atoms with Crippen LogP contribution in [0.1, 0.15) is 36.9 Å². The molecule has 0 unspecified atom stereocenters. The number of carbonyl (C=O) groups is 1. The highest BCUT2D eigenvalue weighted by Crippen LogP contribution is 2.44. The maximum Gasteiger partial charge on any atom is 0.177 e. The molecule has 1 aromatic heterocycles. The first-order valence-corrected chi connectivity index (χ1v) is 6.94. The SMILES string of the molecule is CCC(=O)c1sc(N(C)CC(C)C)c(OC)c1N. The third-order valence-electron chi connectivity index (χ3n) is 2.65. The lowest BCUT2D eigenvalue weighted by atomic mass is 10.2. The molecule has 1 aromatic rings. The Balaban J connectivity index is 3.15. The Morgan fingerprint density at radius 1 is 1.50 bits per heavy atom. The van der Waals surface area contributed by atoms with Gasteiger partial charge >= 0.3 is 0 Å². The first kappa shape index (κ1) is 14.8. The zero-order valence-corrected chi connectivity index (χ0v) is 12.6. The van der Waals surface area contributed by atoms with Crippen LogP contribution in [0.4, 0.5) is 10.7 Å². The Labute approximate surface area is 113 Å². The highest BCUT2D eigenvalue weighted by Gasteiger charge is 2.23. The summed E-state index contributed by atoms with van der Waals surface area (Å²) in [6.45, 7) is 7.04. The molecule has 0 aliphatic carbocycles. The number of anilines is 2. The summed E-state index contributed by atoms with van der Waals surface area (Å²) in [6, 6.07) is 0. The summed E-state index contributed by atoms with van der Waals surface area (Å²) in [5, 5.41) is 0.931. The van der Waals surface area contributed by atoms with Gasteiger partial charge in [0.25, 0.3) is 0 Å². The van der Waals surface area contributed by atoms with Crippen molar-refractivity contribution in [3.8, 4) is 5.75 Å². The molecule has 4 nitrogen and oxygen atoms in total. The highest BCUT2D eigenvalue weighted by molar-refractivity contribution is 7.19. The van der Waals surface area contributed by atoms with Crippen LogP contribution in [0.5, 0.6) is 5.75 Å². The molecular weight excluding hydrogens is 248 g/mol. The first-order valence-electron chi connectivity index (χ1n) is 6.12. The Morgan fingerprint density at radius 3 is 2.56 bits per heavy atom. The Bertz CT molecular complexity index is 427. The molecule has 102 valence electrons. The lowest BCUT2D eigenvalue weighted by molar-refractivity contribution is 0.0992. The van der Waals surface area contributed by atoms with Gasteiger partial charge in [-0.1, -0.05) is 20.8 Å². The van der Waals surface area contributed by atoms with Crippen molar-refractivity contribution in [1.82, 2.24) is 0 Å². The minimum Gasteiger partial charge on any atom is -0.492 e. The summed E-state index contributed by atoms with van der Waals surface area (Å²) in [5.41, 5.74) is 6.47. The molecule has 18 heavy (non-hydrogen) atoms. The van der Waals surface area contributed by atoms with Gasteiger partial charge in [0.05, 0.1) is 17.7 Å². The standard InChI is InChI=1S/C13H22N2O2S/c1-6-9(16)12-10(14)11(17-5)13(18-12)15(4)7-8(2)3/h8H,6-7,14H2,1-5H3. The van der Waals surface area contributed by atoms with Crippen molar-refractivity contribution in [3.05, 3.63) is 4.88 Å². The number of Topliss-reactive ketones (excluding diaryl/α,β-unsaturated/α-hetero) is 1. The van der Waals surface area contributed by atoms with E-state index in [2.05, 4.69) is 18.7 Å². The lowest BCUT2D eigenvalue weighted by Gasteiger charge is -2.20. The average Bonchev–Trinajstić information content (AvgIpc) is 2.64. The van der Waals surface area contributed by atoms with Crippen molar-refractivity contribution in [2.75, 3.05) is 31.3 Å². The van der Waals surface area contributed by atoms with E-state index in [0.29, 0.717) is 28.7 Å². The van der Waals surface area contributed by atoms with E-state index in [-0.39, 0.29) is 5.78 Å². The van der Waals surface area contributed by atoms with Gasteiger partial charge in [0, 0.05) is 20.0 Å². The summed E-state index contributed by atoms with van der Waals surface area (Å²) in [4.78, 5) is 14.5. The summed E-state index contributed by atoms with van der Waals surface area (Å²) < 4.78 is 5.35. The van der Waals surface area contributed by atoms with Crippen molar-refractivity contribution in [2.45, 2.75) is 27.2 Å². The molecule has 0 aliphatic rings. The predicted octanol–water partition coefficient (Wildman–Crippen LogP) is 3.02. The van der Waals surface area contributed by atoms with Crippen molar-refractivity contribution >= 4 is 27.8 Å². The average molecular weight is 270 g/mol. The van der Waals surface area contributed by atoms with Gasteiger partial charge in [-0.15, -0.1) is 11.3 Å². The molecule has 0 fully saturated rings. The molecule has 0 radical (unpaired) electrons. The first-order chi connectivity index (χ1) is 8.42. The van der Waals surface area contributed by atoms with E-state index in [1.807, 2.05) is 14.0 Å². The fourth-order valence-corrected chi connectivity index (χ4v) is 3.03. The molecule has 0 aliphatic heterocycles. The number of ether oxygens (including phenoxy) is 1. The molecule has 0 saturated carbocycles. The van der Waals surface area contributed by atoms with Crippen LogP contribution in [-0.2, 0) is 0 Å². The Morgan fingerprint density at radius 2 is 2.11 bits per heavy atom. The van der Waals surface area contributed by atoms with E-state index in [1.165, 1.54) is 11.3 Å². The van der Waals surface area contributed by atoms with Crippen LogP contribution in [0.3, 0.4) is 0 Å². The summed E-state index contributed by atoms with van der Waals surface area (Å²) in [6.07, 6.45) is 0.460. The van der Waals surface area contributed by atoms with Crippen LogP contribution in [0.2, 0.25) is 0 Å². The molecule has 0 amide bonds. The number of carbonyl (C=O) groups excluding carboxylic acids is 1. The van der Waals surface area contributed by atoms with Gasteiger partial charge in [-0.2, -0.15) is 0 Å². The van der Waals surface area contributed by atoms with Crippen LogP contribution in [0, 0.1) is 5.92 Å². The van der Waals surface area contributed by atoms with Gasteiger partial charge in [-0.25, -0.2) is 0 Å². The van der Waals surface area contributed by atoms with Crippen LogP contribution in [-0.4, -0.2) is 26.5 Å². The van der Waals surface area contributed by atoms with Gasteiger partial charge in [-0.3, -0.25) is 4.79 Å². The zero-order valence-electron chi connectivity index (χ0n) is 11.7. The van der Waals surface area contributed by atoms with E-state index in [4.69, 9.17) is 10.5 Å². The van der Waals surface area contributed by atoms with Crippen LogP contribution < -0.4 is 15.4 Å². The second-order valence-corrected chi connectivity index (χ2v) is 5.73. The summed E-state index contributed by atoms with van der Waals surface area (Å²) in [7, 11) is 3.58. The van der Waals surface area contributed by atoms with Gasteiger partial charge in [0.1, 0.15) is 5.00 Å². The van der Waals surface area contributed by atoms with Crippen LogP contribution >= 0.6 is 11.3 Å². The van der Waals surface area contributed by atoms with Gasteiger partial charge in [0.2, 0.25) is 0 Å². The zero-order chi connectivity index (χ0) is 13.9. The van der Waals surface area contributed by atoms with Crippen LogP contribution in [0.15, 0.2) is 0 Å². The monoisotopic (exact) mass is 270 g/mol. The number of ketones is 1. The Hall–Kier alpha value is -1.23. The lowest BCUT2D eigenvalue weighted by Crippen LogP contribution is -2.21. The van der Waals surface area contributed by atoms with E-state index in [1.54, 1.807) is 7.11 Å². The van der Waals surface area contributed by atoms with Gasteiger partial charge in [-0.05, 0) is 5.92 Å². The third kappa shape index (κ3) is 2.96. The Kier molecular flexibility index (Phi) is 5.02. The fourth-order valence-electron chi connectivity index (χ4n) is 1.86. The second-order valence-electron chi connectivity index (χ2n) is 4.73. The van der Waals surface area contributed by atoms with E-state index in [9.17, 15) is 4.79 Å². The van der Waals surface area contributed by atoms with Crippen molar-refractivity contribution in [1.29, 1.82) is 0 Å². The highest BCUT2D eigenvalue weighted by atomic mass is 32.1. The van der Waals surface area contributed by atoms with E-state index >= 15 is 0 Å². The minimum atomic E-state index is 0.0694. The minimum absolute atomic E-state index is 0.0694.